The molecule has 4 aromatic carbocycles. The summed E-state index contributed by atoms with van der Waals surface area (Å²) in [5.41, 5.74) is 9.68. The van der Waals surface area contributed by atoms with Crippen molar-refractivity contribution >= 4 is 34.4 Å². The fourth-order valence-electron chi connectivity index (χ4n) is 10.0. The van der Waals surface area contributed by atoms with Crippen LogP contribution in [-0.2, 0) is 45.2 Å². The fourth-order valence-corrected chi connectivity index (χ4v) is 10.0. The monoisotopic (exact) mass is 718 g/mol. The number of benzene rings is 4. The van der Waals surface area contributed by atoms with Gasteiger partial charge in [0.15, 0.2) is 6.04 Å². The lowest BCUT2D eigenvalue weighted by Gasteiger charge is -2.40. The molecular formula is C45H46N6O3. The van der Waals surface area contributed by atoms with E-state index in [0.29, 0.717) is 19.1 Å². The highest BCUT2D eigenvalue weighted by molar-refractivity contribution is 6.12. The van der Waals surface area contributed by atoms with Crippen LogP contribution in [0, 0.1) is 5.92 Å². The Balaban J connectivity index is 0.927. The second-order valence-corrected chi connectivity index (χ2v) is 16.3. The van der Waals surface area contributed by atoms with E-state index in [-0.39, 0.29) is 17.1 Å². The lowest BCUT2D eigenvalue weighted by Crippen LogP contribution is -2.45. The topological polar surface area (TPSA) is 75.4 Å². The van der Waals surface area contributed by atoms with Crippen molar-refractivity contribution in [3.8, 4) is 0 Å². The van der Waals surface area contributed by atoms with Crippen molar-refractivity contribution in [3.05, 3.63) is 124 Å². The molecule has 0 radical (unpaired) electrons. The van der Waals surface area contributed by atoms with Gasteiger partial charge in [0.25, 0.3) is 5.91 Å². The van der Waals surface area contributed by atoms with Crippen LogP contribution in [0.1, 0.15) is 77.9 Å². The number of likely N-dealkylation sites (N-methyl/N-ethyl adjacent to an activating group) is 1. The van der Waals surface area contributed by atoms with Crippen LogP contribution >= 0.6 is 0 Å². The SMILES string of the molecule is CN1C(=O)C(c2ccc3c(c2)nc(N2CCC4(CC2)OCc2ccccc24)n3CC2CC2)N=C(N2CCC3(CC2)OCc2ccccc23)c2ccccc21. The minimum absolute atomic E-state index is 0.0332. The van der Waals surface area contributed by atoms with Gasteiger partial charge < -0.3 is 28.7 Å². The largest absolute Gasteiger partial charge is 0.365 e. The summed E-state index contributed by atoms with van der Waals surface area (Å²) in [7, 11) is 1.89. The van der Waals surface area contributed by atoms with Crippen molar-refractivity contribution in [1.29, 1.82) is 0 Å². The first kappa shape index (κ1) is 32.4. The van der Waals surface area contributed by atoms with Crippen molar-refractivity contribution in [2.24, 2.45) is 10.9 Å². The Kier molecular flexibility index (Phi) is 7.37. The first-order chi connectivity index (χ1) is 26.5. The molecule has 1 saturated carbocycles. The summed E-state index contributed by atoms with van der Waals surface area (Å²) in [5, 5.41) is 0. The zero-order valence-electron chi connectivity index (χ0n) is 30.9. The van der Waals surface area contributed by atoms with Gasteiger partial charge in [0.1, 0.15) is 5.84 Å². The zero-order valence-corrected chi connectivity index (χ0v) is 30.9. The number of amidine groups is 1. The number of imidazole rings is 1. The summed E-state index contributed by atoms with van der Waals surface area (Å²) in [6.07, 6.45) is 6.18. The summed E-state index contributed by atoms with van der Waals surface area (Å²) >= 11 is 0. The smallest absolute Gasteiger partial charge is 0.256 e. The molecule has 54 heavy (non-hydrogen) atoms. The molecule has 6 heterocycles. The number of rotatable bonds is 4. The Morgan fingerprint density at radius 3 is 2.02 bits per heavy atom. The summed E-state index contributed by atoms with van der Waals surface area (Å²) in [6, 6.07) is 31.3. The average molecular weight is 719 g/mol. The molecular weight excluding hydrogens is 673 g/mol. The van der Waals surface area contributed by atoms with Crippen LogP contribution in [0.3, 0.4) is 0 Å². The Bertz CT molecular complexity index is 2330. The highest BCUT2D eigenvalue weighted by Crippen LogP contribution is 2.47. The van der Waals surface area contributed by atoms with Crippen LogP contribution < -0.4 is 9.80 Å². The van der Waals surface area contributed by atoms with Gasteiger partial charge in [-0.15, -0.1) is 0 Å². The highest BCUT2D eigenvalue weighted by Gasteiger charge is 2.45. The standard InChI is InChI=1S/C45H46N6O3/c1-48-38-13-7-4-10-34(38)41(49-22-18-44(19-23-49)35-11-5-2-8-32(35)28-53-44)47-40(42(48)52)31-16-17-39-37(26-31)46-43(51(39)27-30-14-15-30)50-24-20-45(21-25-50)36-12-6-3-9-33(36)29-54-45/h2-13,16-17,26,30,40H,14-15,18-25,27-29H2,1H3. The lowest BCUT2D eigenvalue weighted by atomic mass is 9.83. The second-order valence-electron chi connectivity index (χ2n) is 16.3. The highest BCUT2D eigenvalue weighted by atomic mass is 16.5. The third-order valence-electron chi connectivity index (χ3n) is 13.3. The Labute approximate surface area is 316 Å². The normalized spacial score (nSPS) is 22.8. The molecule has 0 bridgehead atoms. The van der Waals surface area contributed by atoms with E-state index in [0.717, 1.165) is 98.0 Å². The van der Waals surface area contributed by atoms with Gasteiger partial charge in [0, 0.05) is 45.3 Å². The van der Waals surface area contributed by atoms with E-state index in [1.807, 2.05) is 19.2 Å². The van der Waals surface area contributed by atoms with E-state index in [1.54, 1.807) is 4.90 Å². The first-order valence-corrected chi connectivity index (χ1v) is 19.9. The summed E-state index contributed by atoms with van der Waals surface area (Å²) in [4.78, 5) is 31.8. The number of piperidine rings is 2. The Morgan fingerprint density at radius 2 is 1.35 bits per heavy atom. The van der Waals surface area contributed by atoms with Crippen molar-refractivity contribution in [2.75, 3.05) is 43.0 Å². The predicted octanol–water partition coefficient (Wildman–Crippen LogP) is 7.46. The Morgan fingerprint density at radius 1 is 0.741 bits per heavy atom. The number of nitrogens with zero attached hydrogens (tertiary/aromatic N) is 6. The van der Waals surface area contributed by atoms with Crippen molar-refractivity contribution in [2.45, 2.75) is 75.5 Å². The Hall–Kier alpha value is -4.99. The maximum atomic E-state index is 14.4. The van der Waals surface area contributed by atoms with E-state index in [4.69, 9.17) is 19.5 Å². The van der Waals surface area contributed by atoms with Crippen molar-refractivity contribution < 1.29 is 14.3 Å². The van der Waals surface area contributed by atoms with Gasteiger partial charge >= 0.3 is 0 Å². The van der Waals surface area contributed by atoms with Crippen LogP contribution in [0.4, 0.5) is 11.6 Å². The average Bonchev–Trinajstić information content (AvgIpc) is 3.78. The van der Waals surface area contributed by atoms with Gasteiger partial charge in [-0.05, 0) is 96.5 Å². The number of para-hydroxylation sites is 1. The number of amides is 1. The maximum Gasteiger partial charge on any atom is 0.256 e. The number of ether oxygens (including phenoxy) is 2. The van der Waals surface area contributed by atoms with E-state index >= 15 is 0 Å². The van der Waals surface area contributed by atoms with Crippen molar-refractivity contribution in [1.82, 2.24) is 14.5 Å². The molecule has 9 nitrogen and oxygen atoms in total. The lowest BCUT2D eigenvalue weighted by molar-refractivity contribution is -0.119. The molecule has 1 aromatic heterocycles. The second kappa shape index (κ2) is 12.3. The number of fused-ring (bicyclic) bond motifs is 6. The van der Waals surface area contributed by atoms with E-state index in [2.05, 4.69) is 93.2 Å². The van der Waals surface area contributed by atoms with Crippen LogP contribution in [0.25, 0.3) is 11.0 Å². The number of likely N-dealkylation sites (tertiary alicyclic amines) is 1. The number of carbonyl (C=O) groups excluding carboxylic acids is 1. The number of benzodiazepines with no additional fused rings is 1. The van der Waals surface area contributed by atoms with E-state index in [1.165, 1.54) is 35.1 Å². The van der Waals surface area contributed by atoms with Gasteiger partial charge in [0.05, 0.1) is 41.1 Å². The molecule has 1 amide bonds. The third kappa shape index (κ3) is 5.08. The number of anilines is 2. The van der Waals surface area contributed by atoms with Gasteiger partial charge in [0.2, 0.25) is 5.95 Å². The predicted molar refractivity (Wildman–Crippen MR) is 210 cm³/mol. The van der Waals surface area contributed by atoms with Gasteiger partial charge in [-0.25, -0.2) is 9.98 Å². The van der Waals surface area contributed by atoms with E-state index in [9.17, 15) is 4.79 Å². The molecule has 11 rings (SSSR count). The quantitative estimate of drug-likeness (QED) is 0.192. The summed E-state index contributed by atoms with van der Waals surface area (Å²) < 4.78 is 15.5. The molecule has 2 saturated heterocycles. The van der Waals surface area contributed by atoms with Crippen LogP contribution in [0.2, 0.25) is 0 Å². The van der Waals surface area contributed by atoms with E-state index < -0.39 is 6.04 Å². The molecule has 0 N–H and O–H groups in total. The molecule has 1 unspecified atom stereocenters. The van der Waals surface area contributed by atoms with Crippen LogP contribution in [0.5, 0.6) is 0 Å². The number of carbonyl (C=O) groups is 1. The van der Waals surface area contributed by atoms with Crippen LogP contribution in [-0.4, -0.2) is 59.4 Å². The van der Waals surface area contributed by atoms with Crippen LogP contribution in [0.15, 0.2) is 96.0 Å². The number of hydrogen-bond acceptors (Lipinski definition) is 7. The van der Waals surface area contributed by atoms with Gasteiger partial charge in [-0.2, -0.15) is 0 Å². The molecule has 3 fully saturated rings. The molecule has 5 aromatic rings. The first-order valence-electron chi connectivity index (χ1n) is 19.9. The molecule has 1 atom stereocenters. The third-order valence-corrected chi connectivity index (χ3v) is 13.3. The minimum Gasteiger partial charge on any atom is -0.365 e. The number of aromatic nitrogens is 2. The van der Waals surface area contributed by atoms with Gasteiger partial charge in [-0.1, -0.05) is 66.7 Å². The molecule has 6 aliphatic rings. The number of hydrogen-bond donors (Lipinski definition) is 0. The summed E-state index contributed by atoms with van der Waals surface area (Å²) in [6.45, 7) is 5.72. The van der Waals surface area contributed by atoms with Gasteiger partial charge in [-0.3, -0.25) is 4.79 Å². The molecule has 2 spiro atoms. The molecule has 274 valence electrons. The molecule has 1 aliphatic carbocycles. The number of aliphatic imine (C=N–C) groups is 1. The molecule has 9 heteroatoms. The van der Waals surface area contributed by atoms with Crippen molar-refractivity contribution in [3.63, 3.8) is 0 Å². The zero-order chi connectivity index (χ0) is 36.0. The maximum absolute atomic E-state index is 14.4. The summed E-state index contributed by atoms with van der Waals surface area (Å²) in [5.74, 6) is 2.58. The fraction of sp³-hybridized carbons (Fsp3) is 0.400. The minimum atomic E-state index is -0.687. The molecule has 5 aliphatic heterocycles.